The maximum atomic E-state index is 12.6. The lowest BCUT2D eigenvalue weighted by Gasteiger charge is -2.37. The van der Waals surface area contributed by atoms with Crippen molar-refractivity contribution in [2.45, 2.75) is 44.6 Å². The Morgan fingerprint density at radius 2 is 1.79 bits per heavy atom. The molecule has 1 heterocycles. The summed E-state index contributed by atoms with van der Waals surface area (Å²) < 4.78 is 34.1. The Morgan fingerprint density at radius 1 is 1.12 bits per heavy atom. The maximum Gasteiger partial charge on any atom is 0.216 e. The molecule has 2 aromatic carbocycles. The van der Waals surface area contributed by atoms with Crippen LogP contribution in [-0.2, 0) is 15.8 Å². The minimum atomic E-state index is -3.45. The number of nitrogens with one attached hydrogen (secondary N) is 1. The largest absolute Gasteiger partial charge is 0.487 e. The fraction of sp³-hybridized carbons (Fsp3) is 0.368. The molecule has 2 aromatic rings. The van der Waals surface area contributed by atoms with Crippen molar-refractivity contribution in [3.05, 3.63) is 65.2 Å². The van der Waals surface area contributed by atoms with Gasteiger partial charge in [-0.1, -0.05) is 48.0 Å². The zero-order valence-corrected chi connectivity index (χ0v) is 15.1. The lowest BCUT2D eigenvalue weighted by atomic mass is 9.90. The van der Waals surface area contributed by atoms with E-state index in [-0.39, 0.29) is 11.8 Å². The van der Waals surface area contributed by atoms with Gasteiger partial charge in [-0.15, -0.1) is 0 Å². The van der Waals surface area contributed by atoms with Crippen LogP contribution in [0.4, 0.5) is 0 Å². The van der Waals surface area contributed by atoms with E-state index < -0.39 is 15.6 Å². The number of benzene rings is 2. The van der Waals surface area contributed by atoms with Crippen LogP contribution in [0.25, 0.3) is 0 Å². The van der Waals surface area contributed by atoms with E-state index in [9.17, 15) is 8.42 Å². The second-order valence-corrected chi connectivity index (χ2v) is 8.77. The molecule has 0 saturated heterocycles. The van der Waals surface area contributed by atoms with E-state index in [0.29, 0.717) is 6.42 Å². The predicted octanol–water partition coefficient (Wildman–Crippen LogP) is 3.72. The monoisotopic (exact) mass is 345 g/mol. The normalized spacial score (nSPS) is 19.4. The minimum Gasteiger partial charge on any atom is -0.487 e. The lowest BCUT2D eigenvalue weighted by molar-refractivity contribution is 0.0702. The van der Waals surface area contributed by atoms with E-state index in [2.05, 4.69) is 4.72 Å². The molecule has 0 aliphatic carbocycles. The first-order valence-corrected chi connectivity index (χ1v) is 9.73. The van der Waals surface area contributed by atoms with E-state index in [1.807, 2.05) is 69.3 Å². The van der Waals surface area contributed by atoms with E-state index in [4.69, 9.17) is 4.74 Å². The van der Waals surface area contributed by atoms with Crippen LogP contribution in [0.15, 0.2) is 48.5 Å². The number of fused-ring (bicyclic) bond motifs is 1. The molecular formula is C19H23NO3S. The highest BCUT2D eigenvalue weighted by atomic mass is 32.2. The number of aryl methyl sites for hydroxylation is 1. The summed E-state index contributed by atoms with van der Waals surface area (Å²) in [6, 6.07) is 14.9. The number of ether oxygens (including phenoxy) is 1. The zero-order valence-electron chi connectivity index (χ0n) is 14.2. The summed E-state index contributed by atoms with van der Waals surface area (Å²) in [6.07, 6.45) is 0.594. The summed E-state index contributed by atoms with van der Waals surface area (Å²) in [6.45, 7) is 5.94. The van der Waals surface area contributed by atoms with E-state index in [1.54, 1.807) is 0 Å². The van der Waals surface area contributed by atoms with Gasteiger partial charge in [-0.3, -0.25) is 0 Å². The Kier molecular flexibility index (Phi) is 4.40. The van der Waals surface area contributed by atoms with Crippen molar-refractivity contribution >= 4 is 10.0 Å². The summed E-state index contributed by atoms with van der Waals surface area (Å²) in [5, 5.41) is 0. The van der Waals surface area contributed by atoms with Crippen LogP contribution in [0.5, 0.6) is 5.75 Å². The van der Waals surface area contributed by atoms with Gasteiger partial charge in [0.05, 0.1) is 11.8 Å². The van der Waals surface area contributed by atoms with Crippen LogP contribution in [0.1, 0.15) is 43.0 Å². The molecule has 0 bridgehead atoms. The van der Waals surface area contributed by atoms with Gasteiger partial charge in [-0.25, -0.2) is 13.1 Å². The Bertz CT molecular complexity index is 826. The van der Waals surface area contributed by atoms with Crippen molar-refractivity contribution in [2.24, 2.45) is 0 Å². The maximum absolute atomic E-state index is 12.6. The van der Waals surface area contributed by atoms with Crippen LogP contribution < -0.4 is 9.46 Å². The molecule has 0 fully saturated rings. The van der Waals surface area contributed by atoms with Gasteiger partial charge in [0.25, 0.3) is 0 Å². The molecule has 0 spiro atoms. The first-order chi connectivity index (χ1) is 11.2. The number of sulfonamides is 1. The van der Waals surface area contributed by atoms with Crippen LogP contribution in [0, 0.1) is 6.92 Å². The zero-order chi connectivity index (χ0) is 17.4. The minimum absolute atomic E-state index is 0.0206. The molecule has 1 aliphatic rings. The van der Waals surface area contributed by atoms with Gasteiger partial charge in [0.1, 0.15) is 11.4 Å². The van der Waals surface area contributed by atoms with Gasteiger partial charge < -0.3 is 4.74 Å². The average molecular weight is 345 g/mol. The molecule has 24 heavy (non-hydrogen) atoms. The van der Waals surface area contributed by atoms with Crippen LogP contribution in [-0.4, -0.2) is 14.0 Å². The lowest BCUT2D eigenvalue weighted by Crippen LogP contribution is -2.41. The molecule has 3 rings (SSSR count). The molecule has 0 aromatic heterocycles. The highest BCUT2D eigenvalue weighted by Crippen LogP contribution is 2.39. The topological polar surface area (TPSA) is 55.4 Å². The van der Waals surface area contributed by atoms with Crippen LogP contribution in [0.3, 0.4) is 0 Å². The van der Waals surface area contributed by atoms with Gasteiger partial charge in [-0.2, -0.15) is 0 Å². The van der Waals surface area contributed by atoms with Gasteiger partial charge in [0.2, 0.25) is 10.0 Å². The molecular weight excluding hydrogens is 322 g/mol. The van der Waals surface area contributed by atoms with Gasteiger partial charge in [0.15, 0.2) is 0 Å². The van der Waals surface area contributed by atoms with Crippen molar-refractivity contribution < 1.29 is 13.2 Å². The van der Waals surface area contributed by atoms with Crippen molar-refractivity contribution in [1.82, 2.24) is 4.72 Å². The number of rotatable bonds is 4. The number of para-hydroxylation sites is 1. The highest BCUT2D eigenvalue weighted by molar-refractivity contribution is 7.88. The second-order valence-electron chi connectivity index (χ2n) is 7.02. The number of hydrogen-bond acceptors (Lipinski definition) is 3. The third kappa shape index (κ3) is 3.97. The Hall–Kier alpha value is -1.85. The average Bonchev–Trinajstić information content (AvgIpc) is 2.48. The van der Waals surface area contributed by atoms with Gasteiger partial charge >= 0.3 is 0 Å². The quantitative estimate of drug-likeness (QED) is 0.919. The standard InChI is InChI=1S/C19H23NO3S/c1-14-8-10-15(11-9-14)13-24(21,22)20-17-12-19(2,3)23-18-7-5-4-6-16(17)18/h4-11,17,20H,12-13H2,1-3H3. The first kappa shape index (κ1) is 17.0. The van der Waals surface area contributed by atoms with E-state index in [0.717, 1.165) is 22.4 Å². The van der Waals surface area contributed by atoms with Crippen molar-refractivity contribution in [1.29, 1.82) is 0 Å². The molecule has 1 aliphatic heterocycles. The SMILES string of the molecule is Cc1ccc(CS(=O)(=O)NC2CC(C)(C)Oc3ccccc32)cc1. The molecule has 1 N–H and O–H groups in total. The number of hydrogen-bond donors (Lipinski definition) is 1. The van der Waals surface area contributed by atoms with Crippen molar-refractivity contribution in [3.8, 4) is 5.75 Å². The van der Waals surface area contributed by atoms with E-state index >= 15 is 0 Å². The molecule has 1 unspecified atom stereocenters. The molecule has 5 heteroatoms. The second kappa shape index (κ2) is 6.22. The van der Waals surface area contributed by atoms with E-state index in [1.165, 1.54) is 0 Å². The highest BCUT2D eigenvalue weighted by Gasteiger charge is 2.35. The fourth-order valence-corrected chi connectivity index (χ4v) is 4.43. The third-order valence-corrected chi connectivity index (χ3v) is 5.53. The molecule has 0 radical (unpaired) electrons. The molecule has 128 valence electrons. The fourth-order valence-electron chi connectivity index (χ4n) is 3.07. The molecule has 0 amide bonds. The summed E-state index contributed by atoms with van der Waals surface area (Å²) in [5.74, 6) is 0.726. The third-order valence-electron chi connectivity index (χ3n) is 4.18. The Labute approximate surface area is 143 Å². The first-order valence-electron chi connectivity index (χ1n) is 8.08. The van der Waals surface area contributed by atoms with Crippen LogP contribution >= 0.6 is 0 Å². The Balaban J connectivity index is 1.82. The molecule has 0 saturated carbocycles. The van der Waals surface area contributed by atoms with Crippen molar-refractivity contribution in [3.63, 3.8) is 0 Å². The smallest absolute Gasteiger partial charge is 0.216 e. The van der Waals surface area contributed by atoms with Gasteiger partial charge in [-0.05, 0) is 32.4 Å². The molecule has 1 atom stereocenters. The van der Waals surface area contributed by atoms with Crippen molar-refractivity contribution in [2.75, 3.05) is 0 Å². The Morgan fingerprint density at radius 3 is 2.50 bits per heavy atom. The van der Waals surface area contributed by atoms with Crippen LogP contribution in [0.2, 0.25) is 0 Å². The molecule has 4 nitrogen and oxygen atoms in total. The predicted molar refractivity (Wildman–Crippen MR) is 95.4 cm³/mol. The summed E-state index contributed by atoms with van der Waals surface area (Å²) >= 11 is 0. The summed E-state index contributed by atoms with van der Waals surface area (Å²) in [7, 11) is -3.45. The summed E-state index contributed by atoms with van der Waals surface area (Å²) in [5.41, 5.74) is 2.38. The van der Waals surface area contributed by atoms with Gasteiger partial charge in [0, 0.05) is 12.0 Å². The summed E-state index contributed by atoms with van der Waals surface area (Å²) in [4.78, 5) is 0.